The van der Waals surface area contributed by atoms with Crippen molar-refractivity contribution < 1.29 is 0 Å². The van der Waals surface area contributed by atoms with E-state index in [1.807, 2.05) is 7.05 Å². The Bertz CT molecular complexity index is 613. The fourth-order valence-corrected chi connectivity index (χ4v) is 3.28. The average molecular weight is 294 g/mol. The number of halogens is 1. The topological polar surface area (TPSA) is 46.8 Å². The highest BCUT2D eigenvalue weighted by molar-refractivity contribution is 6.33. The second kappa shape index (κ2) is 5.30. The molecule has 108 valence electrons. The summed E-state index contributed by atoms with van der Waals surface area (Å²) in [6.45, 7) is 5.31. The van der Waals surface area contributed by atoms with Gasteiger partial charge in [-0.25, -0.2) is 9.97 Å². The molecule has 0 aliphatic carbocycles. The first-order valence-corrected chi connectivity index (χ1v) is 7.54. The molecule has 1 aliphatic rings. The largest absolute Gasteiger partial charge is 0.291 e. The molecular weight excluding hydrogens is 274 g/mol. The van der Waals surface area contributed by atoms with Crippen LogP contribution in [0.25, 0.3) is 11.0 Å². The molecule has 2 aromatic heterocycles. The second-order valence-electron chi connectivity index (χ2n) is 5.74. The lowest BCUT2D eigenvalue weighted by Gasteiger charge is -2.38. The molecular formula is C14H20ClN5. The van der Waals surface area contributed by atoms with E-state index in [-0.39, 0.29) is 0 Å². The Labute approximate surface area is 124 Å². The van der Waals surface area contributed by atoms with Gasteiger partial charge in [0, 0.05) is 19.1 Å². The summed E-state index contributed by atoms with van der Waals surface area (Å²) in [6.07, 6.45) is 5.51. The van der Waals surface area contributed by atoms with Gasteiger partial charge < -0.3 is 0 Å². The van der Waals surface area contributed by atoms with Gasteiger partial charge in [-0.3, -0.25) is 9.58 Å². The molecule has 0 radical (unpaired) electrons. The molecule has 3 rings (SSSR count). The van der Waals surface area contributed by atoms with Crippen molar-refractivity contribution in [2.75, 3.05) is 0 Å². The Morgan fingerprint density at radius 2 is 1.95 bits per heavy atom. The number of piperidine rings is 1. The van der Waals surface area contributed by atoms with Crippen molar-refractivity contribution in [3.63, 3.8) is 0 Å². The molecule has 2 unspecified atom stereocenters. The Balaban J connectivity index is 1.92. The Kier molecular flexibility index (Phi) is 3.65. The van der Waals surface area contributed by atoms with E-state index in [0.717, 1.165) is 23.4 Å². The summed E-state index contributed by atoms with van der Waals surface area (Å²) in [7, 11) is 1.88. The summed E-state index contributed by atoms with van der Waals surface area (Å²) in [5, 5.41) is 5.50. The SMILES string of the molecule is CC1CCCC(C)N1Cc1nc(Cl)c2cnn(C)c2n1. The smallest absolute Gasteiger partial charge is 0.162 e. The lowest BCUT2D eigenvalue weighted by atomic mass is 9.97. The van der Waals surface area contributed by atoms with Crippen molar-refractivity contribution in [1.29, 1.82) is 0 Å². The van der Waals surface area contributed by atoms with Crippen LogP contribution >= 0.6 is 11.6 Å². The monoisotopic (exact) mass is 293 g/mol. The minimum atomic E-state index is 0.496. The van der Waals surface area contributed by atoms with Crippen LogP contribution in [-0.4, -0.2) is 36.7 Å². The van der Waals surface area contributed by atoms with Crippen LogP contribution in [0.5, 0.6) is 0 Å². The molecule has 0 aromatic carbocycles. The third-order valence-corrected chi connectivity index (χ3v) is 4.58. The van der Waals surface area contributed by atoms with Crippen molar-refractivity contribution in [2.45, 2.75) is 51.7 Å². The first-order chi connectivity index (χ1) is 9.56. The van der Waals surface area contributed by atoms with Gasteiger partial charge in [0.2, 0.25) is 0 Å². The summed E-state index contributed by atoms with van der Waals surface area (Å²) in [5.74, 6) is 0.784. The van der Waals surface area contributed by atoms with Crippen molar-refractivity contribution in [1.82, 2.24) is 24.6 Å². The van der Waals surface area contributed by atoms with Gasteiger partial charge in [-0.05, 0) is 26.7 Å². The summed E-state index contributed by atoms with van der Waals surface area (Å²) >= 11 is 6.24. The molecule has 6 heteroatoms. The maximum atomic E-state index is 6.24. The van der Waals surface area contributed by atoms with Crippen LogP contribution in [-0.2, 0) is 13.6 Å². The highest BCUT2D eigenvalue weighted by atomic mass is 35.5. The van der Waals surface area contributed by atoms with Crippen LogP contribution in [0.1, 0.15) is 38.9 Å². The second-order valence-corrected chi connectivity index (χ2v) is 6.10. The van der Waals surface area contributed by atoms with Gasteiger partial charge >= 0.3 is 0 Å². The zero-order valence-corrected chi connectivity index (χ0v) is 12.9. The molecule has 0 spiro atoms. The van der Waals surface area contributed by atoms with Gasteiger partial charge in [-0.15, -0.1) is 0 Å². The van der Waals surface area contributed by atoms with E-state index in [0.29, 0.717) is 17.2 Å². The van der Waals surface area contributed by atoms with Crippen molar-refractivity contribution in [2.24, 2.45) is 7.05 Å². The number of hydrogen-bond acceptors (Lipinski definition) is 4. The van der Waals surface area contributed by atoms with Gasteiger partial charge in [0.1, 0.15) is 11.0 Å². The summed E-state index contributed by atoms with van der Waals surface area (Å²) in [6, 6.07) is 1.15. The van der Waals surface area contributed by atoms with E-state index in [1.54, 1.807) is 10.9 Å². The van der Waals surface area contributed by atoms with Crippen LogP contribution in [0.2, 0.25) is 5.15 Å². The number of likely N-dealkylation sites (tertiary alicyclic amines) is 1. The fourth-order valence-electron chi connectivity index (χ4n) is 3.05. The Morgan fingerprint density at radius 3 is 2.65 bits per heavy atom. The van der Waals surface area contributed by atoms with E-state index in [9.17, 15) is 0 Å². The number of nitrogens with zero attached hydrogens (tertiary/aromatic N) is 5. The molecule has 2 atom stereocenters. The number of aryl methyl sites for hydroxylation is 1. The maximum absolute atomic E-state index is 6.24. The van der Waals surface area contributed by atoms with Crippen LogP contribution in [0.3, 0.4) is 0 Å². The molecule has 0 N–H and O–H groups in total. The summed E-state index contributed by atoms with van der Waals surface area (Å²) in [5.41, 5.74) is 0.803. The molecule has 1 aliphatic heterocycles. The van der Waals surface area contributed by atoms with Crippen molar-refractivity contribution in [3.8, 4) is 0 Å². The molecule has 1 saturated heterocycles. The predicted molar refractivity (Wildman–Crippen MR) is 79.6 cm³/mol. The van der Waals surface area contributed by atoms with Gasteiger partial charge in [0.05, 0.1) is 18.1 Å². The van der Waals surface area contributed by atoms with Gasteiger partial charge in [-0.1, -0.05) is 18.0 Å². The van der Waals surface area contributed by atoms with Gasteiger partial charge in [0.25, 0.3) is 0 Å². The molecule has 0 amide bonds. The van der Waals surface area contributed by atoms with Crippen molar-refractivity contribution >= 4 is 22.6 Å². The third kappa shape index (κ3) is 2.40. The maximum Gasteiger partial charge on any atom is 0.162 e. The minimum Gasteiger partial charge on any atom is -0.291 e. The Hall–Kier alpha value is -1.20. The normalized spacial score (nSPS) is 24.4. The van der Waals surface area contributed by atoms with E-state index in [4.69, 9.17) is 11.6 Å². The highest BCUT2D eigenvalue weighted by Crippen LogP contribution is 2.25. The molecule has 0 saturated carbocycles. The van der Waals surface area contributed by atoms with Crippen LogP contribution in [0.15, 0.2) is 6.20 Å². The zero-order valence-electron chi connectivity index (χ0n) is 12.2. The number of hydrogen-bond donors (Lipinski definition) is 0. The number of rotatable bonds is 2. The number of aromatic nitrogens is 4. The molecule has 1 fully saturated rings. The molecule has 0 bridgehead atoms. The first-order valence-electron chi connectivity index (χ1n) is 7.16. The molecule has 3 heterocycles. The van der Waals surface area contributed by atoms with E-state index < -0.39 is 0 Å². The first kappa shape index (κ1) is 13.8. The standard InChI is InChI=1S/C14H20ClN5/c1-9-5-4-6-10(2)20(9)8-12-17-13(15)11-7-16-19(3)14(11)18-12/h7,9-10H,4-6,8H2,1-3H3. The van der Waals surface area contributed by atoms with E-state index >= 15 is 0 Å². The zero-order chi connectivity index (χ0) is 14.3. The van der Waals surface area contributed by atoms with Crippen LogP contribution in [0, 0.1) is 0 Å². The molecule has 5 nitrogen and oxygen atoms in total. The Morgan fingerprint density at radius 1 is 1.25 bits per heavy atom. The number of fused-ring (bicyclic) bond motifs is 1. The van der Waals surface area contributed by atoms with E-state index in [1.165, 1.54) is 19.3 Å². The highest BCUT2D eigenvalue weighted by Gasteiger charge is 2.25. The van der Waals surface area contributed by atoms with Crippen molar-refractivity contribution in [3.05, 3.63) is 17.2 Å². The van der Waals surface area contributed by atoms with Gasteiger partial charge in [0.15, 0.2) is 5.65 Å². The average Bonchev–Trinajstić information content (AvgIpc) is 2.77. The summed E-state index contributed by atoms with van der Waals surface area (Å²) < 4.78 is 1.75. The third-order valence-electron chi connectivity index (χ3n) is 4.29. The lowest BCUT2D eigenvalue weighted by Crippen LogP contribution is -2.43. The van der Waals surface area contributed by atoms with Crippen LogP contribution < -0.4 is 0 Å². The molecule has 2 aromatic rings. The van der Waals surface area contributed by atoms with Crippen LogP contribution in [0.4, 0.5) is 0 Å². The van der Waals surface area contributed by atoms with Gasteiger partial charge in [-0.2, -0.15) is 5.10 Å². The minimum absolute atomic E-state index is 0.496. The van der Waals surface area contributed by atoms with E-state index in [2.05, 4.69) is 33.8 Å². The quantitative estimate of drug-likeness (QED) is 0.799. The summed E-state index contributed by atoms with van der Waals surface area (Å²) in [4.78, 5) is 11.5. The predicted octanol–water partition coefficient (Wildman–Crippen LogP) is 2.78. The lowest BCUT2D eigenvalue weighted by molar-refractivity contribution is 0.0923. The fraction of sp³-hybridized carbons (Fsp3) is 0.643. The molecule has 20 heavy (non-hydrogen) atoms.